The largest absolute Gasteiger partial charge is 0.462 e. The normalized spacial score (nSPS) is 13.7. The maximum Gasteiger partial charge on any atom is 0.338 e. The molecule has 1 rings (SSSR count). The van der Waals surface area contributed by atoms with Crippen LogP contribution in [-0.2, 0) is 4.74 Å². The molecule has 1 aromatic carbocycles. The number of nitrogen functional groups attached to an aromatic ring is 1. The van der Waals surface area contributed by atoms with Crippen molar-refractivity contribution in [2.75, 3.05) is 17.7 Å². The van der Waals surface area contributed by atoms with E-state index in [0.717, 1.165) is 12.1 Å². The molecule has 4 nitrogen and oxygen atoms in total. The molecule has 0 saturated heterocycles. The summed E-state index contributed by atoms with van der Waals surface area (Å²) in [7, 11) is 0. The van der Waals surface area contributed by atoms with Crippen molar-refractivity contribution in [3.05, 3.63) is 23.8 Å². The summed E-state index contributed by atoms with van der Waals surface area (Å²) >= 11 is 0. The molecule has 0 amide bonds. The molecule has 0 heterocycles. The smallest absolute Gasteiger partial charge is 0.338 e. The average Bonchev–Trinajstić information content (AvgIpc) is 2.40. The van der Waals surface area contributed by atoms with Crippen molar-refractivity contribution in [3.8, 4) is 0 Å². The van der Waals surface area contributed by atoms with Crippen LogP contribution >= 0.6 is 0 Å². The molecule has 4 heteroatoms. The SMILES string of the molecule is CCOC(=O)c1ccc(N)c(NC(C)C(C)CC)c1. The van der Waals surface area contributed by atoms with E-state index in [4.69, 9.17) is 10.5 Å². The van der Waals surface area contributed by atoms with Gasteiger partial charge in [-0.2, -0.15) is 0 Å². The van der Waals surface area contributed by atoms with Gasteiger partial charge in [0.05, 0.1) is 23.5 Å². The molecule has 3 N–H and O–H groups in total. The lowest BCUT2D eigenvalue weighted by atomic mass is 10.0. The highest BCUT2D eigenvalue weighted by atomic mass is 16.5. The summed E-state index contributed by atoms with van der Waals surface area (Å²) in [4.78, 5) is 11.7. The molecular weight excluding hydrogens is 240 g/mol. The van der Waals surface area contributed by atoms with E-state index in [2.05, 4.69) is 26.1 Å². The van der Waals surface area contributed by atoms with Gasteiger partial charge in [0.1, 0.15) is 0 Å². The molecule has 0 aliphatic rings. The summed E-state index contributed by atoms with van der Waals surface area (Å²) in [6, 6.07) is 5.47. The number of ether oxygens (including phenoxy) is 1. The Kier molecular flexibility index (Phi) is 5.67. The minimum atomic E-state index is -0.318. The zero-order valence-electron chi connectivity index (χ0n) is 12.2. The number of carbonyl (C=O) groups is 1. The van der Waals surface area contributed by atoms with Crippen LogP contribution in [0.3, 0.4) is 0 Å². The van der Waals surface area contributed by atoms with Crippen LogP contribution in [0.15, 0.2) is 18.2 Å². The summed E-state index contributed by atoms with van der Waals surface area (Å²) in [6.07, 6.45) is 1.09. The molecule has 19 heavy (non-hydrogen) atoms. The first-order chi connectivity index (χ1) is 8.99. The van der Waals surface area contributed by atoms with Gasteiger partial charge in [0.25, 0.3) is 0 Å². The number of benzene rings is 1. The van der Waals surface area contributed by atoms with Crippen molar-refractivity contribution in [2.24, 2.45) is 5.92 Å². The third kappa shape index (κ3) is 4.16. The van der Waals surface area contributed by atoms with Crippen LogP contribution in [0.1, 0.15) is 44.5 Å². The minimum absolute atomic E-state index is 0.296. The quantitative estimate of drug-likeness (QED) is 0.611. The fourth-order valence-corrected chi connectivity index (χ4v) is 1.76. The highest BCUT2D eigenvalue weighted by molar-refractivity contribution is 5.92. The van der Waals surface area contributed by atoms with Gasteiger partial charge in [-0.15, -0.1) is 0 Å². The molecule has 0 radical (unpaired) electrons. The van der Waals surface area contributed by atoms with Gasteiger partial charge in [-0.3, -0.25) is 0 Å². The Hall–Kier alpha value is -1.71. The van der Waals surface area contributed by atoms with E-state index in [0.29, 0.717) is 29.8 Å². The van der Waals surface area contributed by atoms with E-state index in [9.17, 15) is 4.79 Å². The number of hydrogen-bond acceptors (Lipinski definition) is 4. The maximum absolute atomic E-state index is 11.7. The fourth-order valence-electron chi connectivity index (χ4n) is 1.76. The average molecular weight is 264 g/mol. The molecular formula is C15H24N2O2. The van der Waals surface area contributed by atoms with E-state index >= 15 is 0 Å². The summed E-state index contributed by atoms with van der Waals surface area (Å²) in [5.41, 5.74) is 7.89. The van der Waals surface area contributed by atoms with Crippen molar-refractivity contribution in [1.29, 1.82) is 0 Å². The number of hydrogen-bond donors (Lipinski definition) is 2. The number of esters is 1. The Morgan fingerprint density at radius 1 is 1.37 bits per heavy atom. The zero-order chi connectivity index (χ0) is 14.4. The molecule has 106 valence electrons. The molecule has 0 aromatic heterocycles. The van der Waals surface area contributed by atoms with Gasteiger partial charge in [-0.25, -0.2) is 4.79 Å². The third-order valence-corrected chi connectivity index (χ3v) is 3.45. The fraction of sp³-hybridized carbons (Fsp3) is 0.533. The Balaban J connectivity index is 2.88. The standard InChI is InChI=1S/C15H24N2O2/c1-5-10(3)11(4)17-14-9-12(7-8-13(14)16)15(18)19-6-2/h7-11,17H,5-6,16H2,1-4H3. The predicted molar refractivity (Wildman–Crippen MR) is 79.4 cm³/mol. The van der Waals surface area contributed by atoms with Crippen LogP contribution in [-0.4, -0.2) is 18.6 Å². The van der Waals surface area contributed by atoms with E-state index < -0.39 is 0 Å². The molecule has 2 unspecified atom stereocenters. The number of anilines is 2. The third-order valence-electron chi connectivity index (χ3n) is 3.45. The molecule has 0 bridgehead atoms. The first-order valence-corrected chi connectivity index (χ1v) is 6.82. The van der Waals surface area contributed by atoms with Crippen LogP contribution < -0.4 is 11.1 Å². The maximum atomic E-state index is 11.7. The van der Waals surface area contributed by atoms with Gasteiger partial charge in [0.15, 0.2) is 0 Å². The van der Waals surface area contributed by atoms with Crippen molar-refractivity contribution < 1.29 is 9.53 Å². The highest BCUT2D eigenvalue weighted by Gasteiger charge is 2.13. The second-order valence-electron chi connectivity index (χ2n) is 4.84. The monoisotopic (exact) mass is 264 g/mol. The van der Waals surface area contributed by atoms with E-state index in [-0.39, 0.29) is 5.97 Å². The topological polar surface area (TPSA) is 64.3 Å². The van der Waals surface area contributed by atoms with Gasteiger partial charge in [0.2, 0.25) is 0 Å². The number of nitrogens with two attached hydrogens (primary N) is 1. The predicted octanol–water partition coefficient (Wildman–Crippen LogP) is 3.29. The lowest BCUT2D eigenvalue weighted by molar-refractivity contribution is 0.0526. The summed E-state index contributed by atoms with van der Waals surface area (Å²) in [6.45, 7) is 8.61. The summed E-state index contributed by atoms with van der Waals surface area (Å²) in [5.74, 6) is 0.215. The zero-order valence-corrected chi connectivity index (χ0v) is 12.2. The van der Waals surface area contributed by atoms with Crippen LogP contribution in [0, 0.1) is 5.92 Å². The van der Waals surface area contributed by atoms with Crippen molar-refractivity contribution in [1.82, 2.24) is 0 Å². The first-order valence-electron chi connectivity index (χ1n) is 6.82. The van der Waals surface area contributed by atoms with Crippen LogP contribution in [0.4, 0.5) is 11.4 Å². The van der Waals surface area contributed by atoms with Gasteiger partial charge in [-0.1, -0.05) is 20.3 Å². The Morgan fingerprint density at radius 2 is 2.05 bits per heavy atom. The minimum Gasteiger partial charge on any atom is -0.462 e. The Morgan fingerprint density at radius 3 is 2.63 bits per heavy atom. The number of nitrogens with one attached hydrogen (secondary N) is 1. The molecule has 0 fully saturated rings. The van der Waals surface area contributed by atoms with Crippen LogP contribution in [0.5, 0.6) is 0 Å². The molecule has 2 atom stereocenters. The second kappa shape index (κ2) is 7.02. The number of carbonyl (C=O) groups excluding carboxylic acids is 1. The first kappa shape index (κ1) is 15.3. The van der Waals surface area contributed by atoms with E-state index in [1.54, 1.807) is 25.1 Å². The molecule has 0 aliphatic heterocycles. The Labute approximate surface area is 115 Å². The van der Waals surface area contributed by atoms with Gasteiger partial charge in [0, 0.05) is 6.04 Å². The van der Waals surface area contributed by atoms with Crippen molar-refractivity contribution >= 4 is 17.3 Å². The van der Waals surface area contributed by atoms with Crippen molar-refractivity contribution in [2.45, 2.75) is 40.2 Å². The van der Waals surface area contributed by atoms with E-state index in [1.165, 1.54) is 0 Å². The van der Waals surface area contributed by atoms with Crippen LogP contribution in [0.25, 0.3) is 0 Å². The molecule has 0 spiro atoms. The van der Waals surface area contributed by atoms with E-state index in [1.807, 2.05) is 0 Å². The Bertz CT molecular complexity index is 432. The summed E-state index contributed by atoms with van der Waals surface area (Å²) < 4.78 is 4.99. The van der Waals surface area contributed by atoms with Gasteiger partial charge in [-0.05, 0) is 38.0 Å². The lowest BCUT2D eigenvalue weighted by Gasteiger charge is -2.22. The van der Waals surface area contributed by atoms with Crippen molar-refractivity contribution in [3.63, 3.8) is 0 Å². The molecule has 0 aliphatic carbocycles. The lowest BCUT2D eigenvalue weighted by Crippen LogP contribution is -2.24. The highest BCUT2D eigenvalue weighted by Crippen LogP contribution is 2.23. The summed E-state index contributed by atoms with van der Waals surface area (Å²) in [5, 5.41) is 3.37. The molecule has 0 saturated carbocycles. The van der Waals surface area contributed by atoms with Gasteiger partial charge >= 0.3 is 5.97 Å². The molecule has 1 aromatic rings. The second-order valence-corrected chi connectivity index (χ2v) is 4.84. The number of rotatable bonds is 6. The van der Waals surface area contributed by atoms with Crippen LogP contribution in [0.2, 0.25) is 0 Å². The van der Waals surface area contributed by atoms with Gasteiger partial charge < -0.3 is 15.8 Å².